The average Bonchev–Trinajstić information content (AvgIpc) is 3.01. The van der Waals surface area contributed by atoms with Crippen LogP contribution >= 0.6 is 0 Å². The van der Waals surface area contributed by atoms with Gasteiger partial charge in [0.05, 0.1) is 0 Å². The van der Waals surface area contributed by atoms with Gasteiger partial charge in [-0.2, -0.15) is 5.48 Å². The van der Waals surface area contributed by atoms with Gasteiger partial charge in [0.25, 0.3) is 5.79 Å². The van der Waals surface area contributed by atoms with Crippen LogP contribution in [0.25, 0.3) is 0 Å². The van der Waals surface area contributed by atoms with Gasteiger partial charge < -0.3 is 9.47 Å². The number of Topliss-reactive ketones (excluding diaryl/α,β-unsaturated/α-hetero) is 1. The summed E-state index contributed by atoms with van der Waals surface area (Å²) in [5.74, 6) is -1.55. The van der Waals surface area contributed by atoms with Crippen LogP contribution in [-0.4, -0.2) is 30.0 Å². The second-order valence-corrected chi connectivity index (χ2v) is 6.32. The van der Waals surface area contributed by atoms with Crippen LogP contribution in [0.1, 0.15) is 51.4 Å². The first-order valence-corrected chi connectivity index (χ1v) is 7.55. The van der Waals surface area contributed by atoms with Gasteiger partial charge in [-0.05, 0) is 25.7 Å². The third kappa shape index (κ3) is 1.72. The van der Waals surface area contributed by atoms with Crippen molar-refractivity contribution >= 4 is 5.78 Å². The molecule has 0 aromatic heterocycles. The lowest BCUT2D eigenvalue weighted by Gasteiger charge is -2.47. The Kier molecular flexibility index (Phi) is 2.74. The van der Waals surface area contributed by atoms with Crippen LogP contribution in [0, 0.1) is 5.92 Å². The number of hydroxylamine groups is 1. The smallest absolute Gasteiger partial charge is 0.255 e. The zero-order chi connectivity index (χ0) is 12.9. The molecule has 1 N–H and O–H groups in total. The first kappa shape index (κ1) is 12.3. The van der Waals surface area contributed by atoms with Gasteiger partial charge in [0.2, 0.25) is 5.78 Å². The minimum Gasteiger partial charge on any atom is -0.342 e. The summed E-state index contributed by atoms with van der Waals surface area (Å²) in [5.41, 5.74) is 3.03. The molecule has 5 heteroatoms. The van der Waals surface area contributed by atoms with Gasteiger partial charge in [0, 0.05) is 24.8 Å². The Morgan fingerprint density at radius 3 is 2.79 bits per heavy atom. The molecule has 4 aliphatic rings. The number of nitrogens with one attached hydrogen (secondary N) is 1. The Bertz CT molecular complexity index is 393. The third-order valence-corrected chi connectivity index (χ3v) is 5.17. The number of carbonyl (C=O) groups excluding carboxylic acids is 1. The number of ether oxygens (including phenoxy) is 2. The van der Waals surface area contributed by atoms with Crippen LogP contribution < -0.4 is 5.48 Å². The molecule has 19 heavy (non-hydrogen) atoms. The molecule has 0 amide bonds. The fourth-order valence-corrected chi connectivity index (χ4v) is 4.15. The van der Waals surface area contributed by atoms with Gasteiger partial charge in [-0.3, -0.25) is 9.63 Å². The summed E-state index contributed by atoms with van der Waals surface area (Å²) >= 11 is 0. The standard InChI is InChI=1S/C14H21NO4/c16-12-9-17-13(7-2-1-3-8-13)18-14(12)10-5-4-6-11(10)15-19-14/h10-11,15H,1-9H2. The molecule has 3 atom stereocenters. The van der Waals surface area contributed by atoms with Crippen LogP contribution in [0.2, 0.25) is 0 Å². The van der Waals surface area contributed by atoms with Crippen molar-refractivity contribution in [2.45, 2.75) is 69.0 Å². The molecule has 0 aromatic rings. The largest absolute Gasteiger partial charge is 0.342 e. The van der Waals surface area contributed by atoms with E-state index < -0.39 is 11.6 Å². The summed E-state index contributed by atoms with van der Waals surface area (Å²) < 4.78 is 12.0. The first-order chi connectivity index (χ1) is 9.24. The molecular weight excluding hydrogens is 246 g/mol. The summed E-state index contributed by atoms with van der Waals surface area (Å²) in [6.45, 7) is 0.130. The molecule has 0 radical (unpaired) electrons. The van der Waals surface area contributed by atoms with Crippen LogP contribution in [0.4, 0.5) is 0 Å². The molecule has 2 heterocycles. The van der Waals surface area contributed by atoms with Gasteiger partial charge in [-0.15, -0.1) is 0 Å². The van der Waals surface area contributed by atoms with Gasteiger partial charge in [0.15, 0.2) is 5.79 Å². The Labute approximate surface area is 112 Å². The SMILES string of the molecule is O=C1COC2(CCCCC2)OC12ONC1CCCC12. The summed E-state index contributed by atoms with van der Waals surface area (Å²) in [4.78, 5) is 18.1. The Morgan fingerprint density at radius 2 is 1.95 bits per heavy atom. The van der Waals surface area contributed by atoms with E-state index in [1.807, 2.05) is 0 Å². The maximum atomic E-state index is 12.4. The summed E-state index contributed by atoms with van der Waals surface area (Å²) in [6.07, 6.45) is 8.39. The van der Waals surface area contributed by atoms with E-state index in [-0.39, 0.29) is 24.3 Å². The molecule has 2 aliphatic carbocycles. The quantitative estimate of drug-likeness (QED) is 0.723. The molecule has 0 bridgehead atoms. The van der Waals surface area contributed by atoms with E-state index >= 15 is 0 Å². The van der Waals surface area contributed by atoms with Crippen molar-refractivity contribution in [1.82, 2.24) is 5.48 Å². The van der Waals surface area contributed by atoms with Gasteiger partial charge in [-0.1, -0.05) is 12.8 Å². The predicted molar refractivity (Wildman–Crippen MR) is 65.9 cm³/mol. The maximum Gasteiger partial charge on any atom is 0.255 e. The van der Waals surface area contributed by atoms with Crippen molar-refractivity contribution in [2.75, 3.05) is 6.61 Å². The van der Waals surface area contributed by atoms with Crippen molar-refractivity contribution in [3.05, 3.63) is 0 Å². The normalized spacial score (nSPS) is 44.9. The molecule has 2 saturated carbocycles. The lowest BCUT2D eigenvalue weighted by atomic mass is 9.87. The van der Waals surface area contributed by atoms with Crippen molar-refractivity contribution in [3.63, 3.8) is 0 Å². The lowest BCUT2D eigenvalue weighted by Crippen LogP contribution is -2.61. The van der Waals surface area contributed by atoms with E-state index in [1.54, 1.807) is 0 Å². The molecule has 2 spiro atoms. The summed E-state index contributed by atoms with van der Waals surface area (Å²) in [5, 5.41) is 0. The monoisotopic (exact) mass is 267 g/mol. The molecule has 4 rings (SSSR count). The lowest BCUT2D eigenvalue weighted by molar-refractivity contribution is -0.379. The van der Waals surface area contributed by atoms with Crippen LogP contribution in [-0.2, 0) is 19.1 Å². The fraction of sp³-hybridized carbons (Fsp3) is 0.929. The van der Waals surface area contributed by atoms with Crippen LogP contribution in [0.3, 0.4) is 0 Å². The van der Waals surface area contributed by atoms with Crippen LogP contribution in [0.5, 0.6) is 0 Å². The molecule has 2 aliphatic heterocycles. The minimum atomic E-state index is -1.07. The molecule has 5 nitrogen and oxygen atoms in total. The van der Waals surface area contributed by atoms with Crippen LogP contribution in [0.15, 0.2) is 0 Å². The Morgan fingerprint density at radius 1 is 1.11 bits per heavy atom. The number of hydrogen-bond donors (Lipinski definition) is 1. The maximum absolute atomic E-state index is 12.4. The Hall–Kier alpha value is -0.490. The first-order valence-electron chi connectivity index (χ1n) is 7.55. The topological polar surface area (TPSA) is 56.8 Å². The zero-order valence-electron chi connectivity index (χ0n) is 11.2. The number of rotatable bonds is 0. The van der Waals surface area contributed by atoms with E-state index in [2.05, 4.69) is 5.48 Å². The summed E-state index contributed by atoms with van der Waals surface area (Å²) in [6, 6.07) is 0.266. The number of carbonyl (C=O) groups is 1. The zero-order valence-corrected chi connectivity index (χ0v) is 11.2. The van der Waals surface area contributed by atoms with E-state index in [1.165, 1.54) is 6.42 Å². The molecular formula is C14H21NO4. The second-order valence-electron chi connectivity index (χ2n) is 6.32. The average molecular weight is 267 g/mol. The highest BCUT2D eigenvalue weighted by Gasteiger charge is 2.63. The highest BCUT2D eigenvalue weighted by molar-refractivity contribution is 5.88. The van der Waals surface area contributed by atoms with E-state index in [4.69, 9.17) is 14.3 Å². The van der Waals surface area contributed by atoms with Gasteiger partial charge in [-0.25, -0.2) is 0 Å². The van der Waals surface area contributed by atoms with Crippen molar-refractivity contribution in [3.8, 4) is 0 Å². The molecule has 4 fully saturated rings. The Balaban J connectivity index is 1.64. The van der Waals surface area contributed by atoms with Gasteiger partial charge in [0.1, 0.15) is 6.61 Å². The van der Waals surface area contributed by atoms with Gasteiger partial charge >= 0.3 is 0 Å². The van der Waals surface area contributed by atoms with Crippen molar-refractivity contribution in [2.24, 2.45) is 5.92 Å². The highest BCUT2D eigenvalue weighted by Crippen LogP contribution is 2.49. The third-order valence-electron chi connectivity index (χ3n) is 5.17. The highest BCUT2D eigenvalue weighted by atomic mass is 16.9. The van der Waals surface area contributed by atoms with Crippen molar-refractivity contribution in [1.29, 1.82) is 0 Å². The predicted octanol–water partition coefficient (Wildman–Crippen LogP) is 1.66. The van der Waals surface area contributed by atoms with E-state index in [9.17, 15) is 4.79 Å². The summed E-state index contributed by atoms with van der Waals surface area (Å²) in [7, 11) is 0. The number of hydrogen-bond acceptors (Lipinski definition) is 5. The molecule has 0 aromatic carbocycles. The van der Waals surface area contributed by atoms with Crippen molar-refractivity contribution < 1.29 is 19.1 Å². The van der Waals surface area contributed by atoms with E-state index in [0.29, 0.717) is 0 Å². The number of ketones is 1. The molecule has 3 unspecified atom stereocenters. The fourth-order valence-electron chi connectivity index (χ4n) is 4.15. The number of fused-ring (bicyclic) bond motifs is 2. The minimum absolute atomic E-state index is 0.0504. The molecule has 2 saturated heterocycles. The van der Waals surface area contributed by atoms with E-state index in [0.717, 1.165) is 44.9 Å². The second kappa shape index (κ2) is 4.25. The molecule has 106 valence electrons.